The van der Waals surface area contributed by atoms with Gasteiger partial charge in [-0.1, -0.05) is 6.07 Å². The summed E-state index contributed by atoms with van der Waals surface area (Å²) in [4.78, 5) is 12.4. The highest BCUT2D eigenvalue weighted by Gasteiger charge is 2.36. The van der Waals surface area contributed by atoms with Crippen LogP contribution in [0.3, 0.4) is 0 Å². The largest absolute Gasteiger partial charge is 0.454 e. The molecule has 21 heavy (non-hydrogen) atoms. The number of rotatable bonds is 3. The van der Waals surface area contributed by atoms with Crippen molar-refractivity contribution in [1.29, 1.82) is 0 Å². The predicted molar refractivity (Wildman–Crippen MR) is 82.0 cm³/mol. The summed E-state index contributed by atoms with van der Waals surface area (Å²) in [7, 11) is 0. The van der Waals surface area contributed by atoms with Crippen LogP contribution in [-0.2, 0) is 4.79 Å². The minimum Gasteiger partial charge on any atom is -0.454 e. The molecule has 0 aromatic heterocycles. The van der Waals surface area contributed by atoms with Crippen molar-refractivity contribution in [3.8, 4) is 11.5 Å². The Morgan fingerprint density at radius 3 is 2.86 bits per heavy atom. The Morgan fingerprint density at radius 2 is 2.14 bits per heavy atom. The number of carbonyl (C=O) groups excluding carboxylic acids is 1. The van der Waals surface area contributed by atoms with Crippen LogP contribution in [0.15, 0.2) is 18.2 Å². The molecule has 2 heterocycles. The number of hydrogen-bond donors (Lipinski definition) is 2. The molecule has 0 spiro atoms. The van der Waals surface area contributed by atoms with E-state index in [0.717, 1.165) is 36.6 Å². The fourth-order valence-electron chi connectivity index (χ4n) is 2.65. The van der Waals surface area contributed by atoms with Crippen molar-refractivity contribution >= 4 is 18.3 Å². The molecule has 1 aromatic carbocycles. The minimum absolute atomic E-state index is 0. The first kappa shape index (κ1) is 15.9. The molecular formula is C15H21ClN2O3. The van der Waals surface area contributed by atoms with Gasteiger partial charge in [0.15, 0.2) is 11.5 Å². The van der Waals surface area contributed by atoms with Crippen molar-refractivity contribution < 1.29 is 14.3 Å². The Bertz CT molecular complexity index is 530. The maximum Gasteiger partial charge on any atom is 0.231 e. The van der Waals surface area contributed by atoms with Crippen LogP contribution >= 0.6 is 12.4 Å². The predicted octanol–water partition coefficient (Wildman–Crippen LogP) is 2.01. The Labute approximate surface area is 130 Å². The lowest BCUT2D eigenvalue weighted by Crippen LogP contribution is -2.41. The third-order valence-corrected chi connectivity index (χ3v) is 4.16. The van der Waals surface area contributed by atoms with Gasteiger partial charge in [0.25, 0.3) is 0 Å². The molecule has 2 aliphatic rings. The first-order valence-electron chi connectivity index (χ1n) is 7.00. The van der Waals surface area contributed by atoms with E-state index in [0.29, 0.717) is 0 Å². The lowest BCUT2D eigenvalue weighted by molar-refractivity contribution is -0.129. The molecule has 116 valence electrons. The number of halogens is 1. The summed E-state index contributed by atoms with van der Waals surface area (Å²) in [5.41, 5.74) is 0.724. The van der Waals surface area contributed by atoms with E-state index >= 15 is 0 Å². The average Bonchev–Trinajstić information content (AvgIpc) is 3.06. The molecule has 0 saturated carbocycles. The smallest absolute Gasteiger partial charge is 0.231 e. The molecule has 0 bridgehead atoms. The zero-order chi connectivity index (χ0) is 14.2. The lowest BCUT2D eigenvalue weighted by atomic mass is 9.88. The Kier molecular flexibility index (Phi) is 4.64. The summed E-state index contributed by atoms with van der Waals surface area (Å²) in [6.45, 7) is 5.91. The Morgan fingerprint density at radius 1 is 1.38 bits per heavy atom. The molecular weight excluding hydrogens is 292 g/mol. The third-order valence-electron chi connectivity index (χ3n) is 4.16. The van der Waals surface area contributed by atoms with Crippen molar-refractivity contribution in [3.05, 3.63) is 23.8 Å². The van der Waals surface area contributed by atoms with Gasteiger partial charge in [0, 0.05) is 6.54 Å². The van der Waals surface area contributed by atoms with E-state index in [1.165, 1.54) is 0 Å². The number of carbonyl (C=O) groups is 1. The molecule has 2 aliphatic heterocycles. The molecule has 0 aliphatic carbocycles. The van der Waals surface area contributed by atoms with Crippen LogP contribution in [0.25, 0.3) is 0 Å². The molecule has 1 amide bonds. The number of fused-ring (bicyclic) bond motifs is 1. The van der Waals surface area contributed by atoms with E-state index in [2.05, 4.69) is 10.6 Å². The van der Waals surface area contributed by atoms with Crippen LogP contribution in [0.1, 0.15) is 31.9 Å². The van der Waals surface area contributed by atoms with Crippen molar-refractivity contribution in [2.45, 2.75) is 26.3 Å². The van der Waals surface area contributed by atoms with Crippen LogP contribution < -0.4 is 20.1 Å². The molecule has 6 heteroatoms. The highest BCUT2D eigenvalue weighted by atomic mass is 35.5. The van der Waals surface area contributed by atoms with E-state index in [4.69, 9.17) is 9.47 Å². The Hall–Kier alpha value is -1.46. The lowest BCUT2D eigenvalue weighted by Gasteiger charge is -2.24. The average molecular weight is 313 g/mol. The van der Waals surface area contributed by atoms with Crippen LogP contribution in [-0.4, -0.2) is 25.8 Å². The Balaban J connectivity index is 0.00000161. The third kappa shape index (κ3) is 3.09. The van der Waals surface area contributed by atoms with E-state index in [1.54, 1.807) is 0 Å². The highest BCUT2D eigenvalue weighted by Crippen LogP contribution is 2.34. The van der Waals surface area contributed by atoms with Gasteiger partial charge in [-0.3, -0.25) is 4.79 Å². The topological polar surface area (TPSA) is 59.6 Å². The normalized spacial score (nSPS) is 24.3. The van der Waals surface area contributed by atoms with E-state index in [1.807, 2.05) is 32.0 Å². The van der Waals surface area contributed by atoms with Crippen molar-refractivity contribution in [2.75, 3.05) is 19.9 Å². The summed E-state index contributed by atoms with van der Waals surface area (Å²) in [6, 6.07) is 5.74. The van der Waals surface area contributed by atoms with E-state index < -0.39 is 0 Å². The summed E-state index contributed by atoms with van der Waals surface area (Å²) in [5.74, 6) is 1.62. The summed E-state index contributed by atoms with van der Waals surface area (Å²) >= 11 is 0. The van der Waals surface area contributed by atoms with Gasteiger partial charge in [0.2, 0.25) is 12.7 Å². The number of ether oxygens (including phenoxy) is 2. The van der Waals surface area contributed by atoms with Gasteiger partial charge in [-0.05, 0) is 44.5 Å². The van der Waals surface area contributed by atoms with Crippen molar-refractivity contribution in [3.63, 3.8) is 0 Å². The quantitative estimate of drug-likeness (QED) is 0.896. The van der Waals surface area contributed by atoms with Gasteiger partial charge in [-0.15, -0.1) is 12.4 Å². The second-order valence-electron chi connectivity index (χ2n) is 5.80. The molecule has 3 rings (SSSR count). The maximum atomic E-state index is 12.4. The molecule has 1 fully saturated rings. The van der Waals surface area contributed by atoms with Crippen LogP contribution in [0.4, 0.5) is 0 Å². The minimum atomic E-state index is -0.301. The van der Waals surface area contributed by atoms with Crippen LogP contribution in [0.2, 0.25) is 0 Å². The second kappa shape index (κ2) is 6.12. The van der Waals surface area contributed by atoms with Gasteiger partial charge < -0.3 is 20.1 Å². The molecule has 1 aromatic rings. The number of benzene rings is 1. The molecule has 2 unspecified atom stereocenters. The first-order chi connectivity index (χ1) is 9.58. The molecule has 0 radical (unpaired) electrons. The maximum absolute atomic E-state index is 12.4. The summed E-state index contributed by atoms with van der Waals surface area (Å²) in [5, 5.41) is 6.34. The molecule has 2 N–H and O–H groups in total. The number of amides is 1. The van der Waals surface area contributed by atoms with Crippen LogP contribution in [0.5, 0.6) is 11.5 Å². The fraction of sp³-hybridized carbons (Fsp3) is 0.533. The van der Waals surface area contributed by atoms with Gasteiger partial charge in [0.1, 0.15) is 0 Å². The summed E-state index contributed by atoms with van der Waals surface area (Å²) in [6.07, 6.45) is 0.882. The molecule has 5 nitrogen and oxygen atoms in total. The van der Waals surface area contributed by atoms with Crippen LogP contribution in [0, 0.1) is 5.41 Å². The van der Waals surface area contributed by atoms with E-state index in [9.17, 15) is 4.79 Å². The van der Waals surface area contributed by atoms with Crippen molar-refractivity contribution in [2.24, 2.45) is 5.41 Å². The molecule has 1 saturated heterocycles. The SMILES string of the molecule is CC(NC(=O)C1(C)CCNC1)c1ccc2c(c1)OCO2.Cl. The number of hydrogen-bond acceptors (Lipinski definition) is 4. The van der Waals surface area contributed by atoms with Gasteiger partial charge >= 0.3 is 0 Å². The first-order valence-corrected chi connectivity index (χ1v) is 7.00. The monoisotopic (exact) mass is 312 g/mol. The second-order valence-corrected chi connectivity index (χ2v) is 5.80. The zero-order valence-electron chi connectivity index (χ0n) is 12.3. The van der Waals surface area contributed by atoms with Crippen molar-refractivity contribution in [1.82, 2.24) is 10.6 Å². The zero-order valence-corrected chi connectivity index (χ0v) is 13.1. The summed E-state index contributed by atoms with van der Waals surface area (Å²) < 4.78 is 10.7. The molecule has 2 atom stereocenters. The fourth-order valence-corrected chi connectivity index (χ4v) is 2.65. The standard InChI is InChI=1S/C15H20N2O3.ClH/c1-10(17-14(18)15(2)5-6-16-8-15)11-3-4-12-13(7-11)20-9-19-12;/h3-4,7,10,16H,5-6,8-9H2,1-2H3,(H,17,18);1H. The van der Waals surface area contributed by atoms with E-state index in [-0.39, 0.29) is 36.6 Å². The highest BCUT2D eigenvalue weighted by molar-refractivity contribution is 5.85. The van der Waals surface area contributed by atoms with Gasteiger partial charge in [0.05, 0.1) is 11.5 Å². The van der Waals surface area contributed by atoms with Gasteiger partial charge in [-0.2, -0.15) is 0 Å². The number of nitrogens with one attached hydrogen (secondary N) is 2. The van der Waals surface area contributed by atoms with Gasteiger partial charge in [-0.25, -0.2) is 0 Å².